The summed E-state index contributed by atoms with van der Waals surface area (Å²) in [7, 11) is 0. The van der Waals surface area contributed by atoms with Crippen LogP contribution in [-0.4, -0.2) is 28.7 Å². The van der Waals surface area contributed by atoms with Crippen LogP contribution in [0.3, 0.4) is 0 Å². The number of benzene rings is 1. The lowest BCUT2D eigenvalue weighted by molar-refractivity contribution is -0.126. The third-order valence-corrected chi connectivity index (χ3v) is 2.47. The van der Waals surface area contributed by atoms with E-state index in [-0.39, 0.29) is 6.10 Å². The second kappa shape index (κ2) is 4.09. The maximum Gasteiger partial charge on any atom is 0.181 e. The molecule has 1 aliphatic rings. The Morgan fingerprint density at radius 3 is 2.50 bits per heavy atom. The van der Waals surface area contributed by atoms with Crippen LogP contribution in [0.1, 0.15) is 12.0 Å². The van der Waals surface area contributed by atoms with Crippen LogP contribution in [0.2, 0.25) is 0 Å². The minimum atomic E-state index is -1.01. The highest BCUT2D eigenvalue weighted by Crippen LogP contribution is 2.21. The van der Waals surface area contributed by atoms with Gasteiger partial charge < -0.3 is 14.9 Å². The topological polar surface area (TPSA) is 49.7 Å². The van der Waals surface area contributed by atoms with Crippen molar-refractivity contribution in [3.63, 3.8) is 0 Å². The third kappa shape index (κ3) is 2.12. The van der Waals surface area contributed by atoms with Gasteiger partial charge in [-0.15, -0.1) is 0 Å². The molecule has 3 nitrogen and oxygen atoms in total. The molecule has 1 aromatic rings. The molecule has 2 N–H and O–H groups in total. The molecule has 14 heavy (non-hydrogen) atoms. The Morgan fingerprint density at radius 2 is 1.93 bits per heavy atom. The molecule has 3 heteroatoms. The van der Waals surface area contributed by atoms with Gasteiger partial charge in [0.15, 0.2) is 6.29 Å². The summed E-state index contributed by atoms with van der Waals surface area (Å²) in [5.74, 6) is 0. The molecule has 0 aliphatic carbocycles. The van der Waals surface area contributed by atoms with Crippen LogP contribution in [0.15, 0.2) is 30.3 Å². The average molecular weight is 194 g/mol. The smallest absolute Gasteiger partial charge is 0.181 e. The monoisotopic (exact) mass is 194 g/mol. The summed E-state index contributed by atoms with van der Waals surface area (Å²) in [6.07, 6.45) is -0.555. The summed E-state index contributed by atoms with van der Waals surface area (Å²) in [5, 5.41) is 18.4. The van der Waals surface area contributed by atoms with Gasteiger partial charge in [0, 0.05) is 6.42 Å². The zero-order chi connectivity index (χ0) is 9.97. The van der Waals surface area contributed by atoms with Crippen molar-refractivity contribution in [2.24, 2.45) is 0 Å². The number of rotatable bonds is 2. The Bertz CT molecular complexity index is 276. The van der Waals surface area contributed by atoms with Crippen LogP contribution in [0.25, 0.3) is 0 Å². The van der Waals surface area contributed by atoms with Gasteiger partial charge in [-0.25, -0.2) is 0 Å². The molecular formula is C11H14O3. The normalized spacial score (nSPS) is 32.0. The van der Waals surface area contributed by atoms with E-state index >= 15 is 0 Å². The summed E-state index contributed by atoms with van der Waals surface area (Å²) < 4.78 is 5.18. The lowest BCUT2D eigenvalue weighted by atomic mass is 10.1. The van der Waals surface area contributed by atoms with Gasteiger partial charge in [0.2, 0.25) is 0 Å². The molecule has 2 rings (SSSR count). The lowest BCUT2D eigenvalue weighted by Gasteiger charge is -2.09. The van der Waals surface area contributed by atoms with Crippen molar-refractivity contribution in [3.8, 4) is 0 Å². The van der Waals surface area contributed by atoms with Crippen LogP contribution in [0, 0.1) is 0 Å². The Hall–Kier alpha value is -0.900. The van der Waals surface area contributed by atoms with Crippen LogP contribution < -0.4 is 0 Å². The van der Waals surface area contributed by atoms with E-state index in [1.54, 1.807) is 0 Å². The summed E-state index contributed by atoms with van der Waals surface area (Å²) in [4.78, 5) is 0. The minimum Gasteiger partial charge on any atom is -0.388 e. The van der Waals surface area contributed by atoms with Gasteiger partial charge in [-0.3, -0.25) is 0 Å². The van der Waals surface area contributed by atoms with Gasteiger partial charge in [0.25, 0.3) is 0 Å². The number of ether oxygens (including phenoxy) is 1. The van der Waals surface area contributed by atoms with Crippen molar-refractivity contribution in [1.82, 2.24) is 0 Å². The molecule has 0 aromatic heterocycles. The van der Waals surface area contributed by atoms with Gasteiger partial charge in [-0.2, -0.15) is 0 Å². The Labute approximate surface area is 83.0 Å². The summed E-state index contributed by atoms with van der Waals surface area (Å²) in [5.41, 5.74) is 1.17. The third-order valence-electron chi connectivity index (χ3n) is 2.47. The van der Waals surface area contributed by atoms with Crippen LogP contribution in [0.4, 0.5) is 0 Å². The van der Waals surface area contributed by atoms with E-state index in [1.807, 2.05) is 30.3 Å². The largest absolute Gasteiger partial charge is 0.388 e. The number of hydrogen-bond acceptors (Lipinski definition) is 3. The first-order valence-electron chi connectivity index (χ1n) is 4.81. The maximum atomic E-state index is 9.27. The molecule has 1 aliphatic heterocycles. The van der Waals surface area contributed by atoms with E-state index in [9.17, 15) is 10.2 Å². The van der Waals surface area contributed by atoms with Gasteiger partial charge in [-0.1, -0.05) is 30.3 Å². The molecule has 76 valence electrons. The average Bonchev–Trinajstić information content (AvgIpc) is 2.47. The second-order valence-electron chi connectivity index (χ2n) is 3.64. The number of aliphatic hydroxyl groups is 2. The van der Waals surface area contributed by atoms with Crippen molar-refractivity contribution in [3.05, 3.63) is 35.9 Å². The molecule has 1 saturated heterocycles. The van der Waals surface area contributed by atoms with E-state index < -0.39 is 12.4 Å². The minimum absolute atomic E-state index is 0.0672. The Kier molecular flexibility index (Phi) is 2.82. The number of aliphatic hydroxyl groups excluding tert-OH is 2. The molecule has 1 aromatic carbocycles. The van der Waals surface area contributed by atoms with Gasteiger partial charge >= 0.3 is 0 Å². The van der Waals surface area contributed by atoms with E-state index in [2.05, 4.69) is 0 Å². The molecule has 3 atom stereocenters. The second-order valence-corrected chi connectivity index (χ2v) is 3.64. The zero-order valence-electron chi connectivity index (χ0n) is 7.84. The fourth-order valence-electron chi connectivity index (χ4n) is 1.74. The fourth-order valence-corrected chi connectivity index (χ4v) is 1.74. The van der Waals surface area contributed by atoms with Gasteiger partial charge in [0.05, 0.1) is 6.10 Å². The quantitative estimate of drug-likeness (QED) is 0.728. The molecule has 0 spiro atoms. The van der Waals surface area contributed by atoms with Crippen molar-refractivity contribution in [1.29, 1.82) is 0 Å². The SMILES string of the molecule is OC1O[C@H](Cc2ccccc2)C[C@H]1O. The molecule has 1 unspecified atom stereocenters. The summed E-state index contributed by atoms with van der Waals surface area (Å²) in [6, 6.07) is 9.93. The predicted octanol–water partition coefficient (Wildman–Crippen LogP) is 0.697. The fraction of sp³-hybridized carbons (Fsp3) is 0.455. The molecule has 0 saturated carbocycles. The highest BCUT2D eigenvalue weighted by molar-refractivity contribution is 5.15. The first-order valence-corrected chi connectivity index (χ1v) is 4.81. The van der Waals surface area contributed by atoms with E-state index in [1.165, 1.54) is 5.56 Å². The van der Waals surface area contributed by atoms with Crippen molar-refractivity contribution in [2.75, 3.05) is 0 Å². The Balaban J connectivity index is 1.94. The van der Waals surface area contributed by atoms with Crippen LogP contribution >= 0.6 is 0 Å². The number of hydrogen-bond donors (Lipinski definition) is 2. The van der Waals surface area contributed by atoms with E-state index in [0.29, 0.717) is 6.42 Å². The van der Waals surface area contributed by atoms with Gasteiger partial charge in [0.1, 0.15) is 6.10 Å². The van der Waals surface area contributed by atoms with Crippen molar-refractivity contribution < 1.29 is 14.9 Å². The molecule has 0 amide bonds. The Morgan fingerprint density at radius 1 is 1.21 bits per heavy atom. The highest BCUT2D eigenvalue weighted by Gasteiger charge is 2.31. The molecule has 1 fully saturated rings. The first-order chi connectivity index (χ1) is 6.75. The highest BCUT2D eigenvalue weighted by atomic mass is 16.6. The van der Waals surface area contributed by atoms with Crippen LogP contribution in [0.5, 0.6) is 0 Å². The standard InChI is InChI=1S/C11H14O3/c12-10-7-9(14-11(10)13)6-8-4-2-1-3-5-8/h1-5,9-13H,6-7H2/t9-,10-,11?/m1/s1. The molecule has 0 bridgehead atoms. The van der Waals surface area contributed by atoms with E-state index in [0.717, 1.165) is 6.42 Å². The summed E-state index contributed by atoms with van der Waals surface area (Å²) >= 11 is 0. The maximum absolute atomic E-state index is 9.27. The van der Waals surface area contributed by atoms with E-state index in [4.69, 9.17) is 4.74 Å². The molecule has 1 heterocycles. The molecular weight excluding hydrogens is 180 g/mol. The van der Waals surface area contributed by atoms with Crippen molar-refractivity contribution in [2.45, 2.75) is 31.3 Å². The molecule has 0 radical (unpaired) electrons. The summed E-state index contributed by atoms with van der Waals surface area (Å²) in [6.45, 7) is 0. The van der Waals surface area contributed by atoms with Gasteiger partial charge in [-0.05, 0) is 12.0 Å². The first kappa shape index (κ1) is 9.65. The lowest BCUT2D eigenvalue weighted by Crippen LogP contribution is -2.19. The zero-order valence-corrected chi connectivity index (χ0v) is 7.84. The predicted molar refractivity (Wildman–Crippen MR) is 51.6 cm³/mol. The van der Waals surface area contributed by atoms with Crippen molar-refractivity contribution >= 4 is 0 Å². The van der Waals surface area contributed by atoms with Crippen LogP contribution in [-0.2, 0) is 11.2 Å².